The minimum Gasteiger partial charge on any atom is -0.392 e. The molecule has 112 valence electrons. The average molecular weight is 286 g/mol. The van der Waals surface area contributed by atoms with Gasteiger partial charge in [-0.25, -0.2) is 0 Å². The van der Waals surface area contributed by atoms with Crippen LogP contribution in [0.15, 0.2) is 0 Å². The quantitative estimate of drug-likeness (QED) is 0.385. The lowest BCUT2D eigenvalue weighted by molar-refractivity contribution is -0.0774. The molecule has 1 saturated heterocycles. The summed E-state index contributed by atoms with van der Waals surface area (Å²) in [5.74, 6) is 0.728. The van der Waals surface area contributed by atoms with Crippen LogP contribution in [0.25, 0.3) is 0 Å². The Kier molecular flexibility index (Phi) is 5.46. The van der Waals surface area contributed by atoms with Gasteiger partial charge in [0.05, 0.1) is 12.2 Å². The third kappa shape index (κ3) is 3.81. The summed E-state index contributed by atoms with van der Waals surface area (Å²) in [7, 11) is 0.247. The molecule has 19 heavy (non-hydrogen) atoms. The number of rotatable bonds is 8. The highest BCUT2D eigenvalue weighted by Gasteiger charge is 2.44. The largest absolute Gasteiger partial charge is 0.392 e. The highest BCUT2D eigenvalue weighted by atomic mass is 28.4. The van der Waals surface area contributed by atoms with Gasteiger partial charge in [0.25, 0.3) is 0 Å². The van der Waals surface area contributed by atoms with Crippen LogP contribution in [0.4, 0.5) is 0 Å². The zero-order chi connectivity index (χ0) is 13.9. The summed E-state index contributed by atoms with van der Waals surface area (Å²) in [4.78, 5) is 0. The summed E-state index contributed by atoms with van der Waals surface area (Å²) >= 11 is 0. The fourth-order valence-corrected chi connectivity index (χ4v) is 6.19. The van der Waals surface area contributed by atoms with Crippen LogP contribution < -0.4 is 0 Å². The van der Waals surface area contributed by atoms with Crippen LogP contribution in [0.3, 0.4) is 0 Å². The Hall–Kier alpha value is 0.0969. The maximum atomic E-state index is 6.46. The zero-order valence-electron chi connectivity index (χ0n) is 13.0. The van der Waals surface area contributed by atoms with Gasteiger partial charge in [0, 0.05) is 13.5 Å². The third-order valence-corrected chi connectivity index (χ3v) is 9.84. The van der Waals surface area contributed by atoms with E-state index in [1.807, 2.05) is 0 Å². The van der Waals surface area contributed by atoms with Gasteiger partial charge in [0.2, 0.25) is 0 Å². The van der Waals surface area contributed by atoms with Gasteiger partial charge in [-0.15, -0.1) is 0 Å². The molecule has 3 nitrogen and oxygen atoms in total. The van der Waals surface area contributed by atoms with Gasteiger partial charge in [-0.2, -0.15) is 0 Å². The van der Waals surface area contributed by atoms with Crippen molar-refractivity contribution in [3.63, 3.8) is 0 Å². The summed E-state index contributed by atoms with van der Waals surface area (Å²) in [5.41, 5.74) is 0. The van der Waals surface area contributed by atoms with E-state index in [1.54, 1.807) is 7.11 Å². The first-order valence-electron chi connectivity index (χ1n) is 8.02. The summed E-state index contributed by atoms with van der Waals surface area (Å²) in [6, 6.07) is 3.58. The lowest BCUT2D eigenvalue weighted by atomic mass is 9.87. The van der Waals surface area contributed by atoms with Gasteiger partial charge in [-0.3, -0.25) is 0 Å². The number of hydrogen-bond donors (Lipinski definition) is 0. The van der Waals surface area contributed by atoms with E-state index in [4.69, 9.17) is 13.9 Å². The first-order valence-corrected chi connectivity index (χ1v) is 10.5. The van der Waals surface area contributed by atoms with Crippen molar-refractivity contribution in [2.24, 2.45) is 5.92 Å². The summed E-state index contributed by atoms with van der Waals surface area (Å²) in [6.45, 7) is 6.82. The number of hydrogen-bond acceptors (Lipinski definition) is 3. The van der Waals surface area contributed by atoms with Crippen molar-refractivity contribution >= 4 is 8.32 Å². The molecule has 0 spiro atoms. The van der Waals surface area contributed by atoms with E-state index in [2.05, 4.69) is 20.8 Å². The van der Waals surface area contributed by atoms with Crippen molar-refractivity contribution in [2.75, 3.05) is 7.11 Å². The molecule has 1 aliphatic heterocycles. The first kappa shape index (κ1) is 15.5. The molecule has 0 N–H and O–H groups in total. The molecule has 4 heteroatoms. The lowest BCUT2D eigenvalue weighted by Gasteiger charge is -2.34. The first-order chi connectivity index (χ1) is 9.16. The van der Waals surface area contributed by atoms with Crippen molar-refractivity contribution in [3.8, 4) is 0 Å². The number of fused-ring (bicyclic) bond motifs is 1. The van der Waals surface area contributed by atoms with Crippen molar-refractivity contribution < 1.29 is 13.9 Å². The minimum absolute atomic E-state index is 0.00631. The van der Waals surface area contributed by atoms with E-state index >= 15 is 0 Å². The Bertz CT molecular complexity index is 272. The highest BCUT2D eigenvalue weighted by Crippen LogP contribution is 2.41. The average Bonchev–Trinajstić information content (AvgIpc) is 3.22. The molecule has 0 radical (unpaired) electrons. The molecule has 1 saturated carbocycles. The Morgan fingerprint density at radius 2 is 1.79 bits per heavy atom. The molecule has 2 fully saturated rings. The minimum atomic E-state index is -1.55. The molecule has 1 aliphatic carbocycles. The fourth-order valence-electron chi connectivity index (χ4n) is 3.44. The predicted molar refractivity (Wildman–Crippen MR) is 79.7 cm³/mol. The van der Waals surface area contributed by atoms with Gasteiger partial charge < -0.3 is 13.9 Å². The molecule has 0 aromatic heterocycles. The van der Waals surface area contributed by atoms with E-state index in [-0.39, 0.29) is 6.29 Å². The monoisotopic (exact) mass is 286 g/mol. The SMILES string of the molecule is CC[Si](CC)(CC)OC(CC1CCC2OC2C1)OC. The summed E-state index contributed by atoms with van der Waals surface area (Å²) in [5, 5.41) is 0. The Balaban J connectivity index is 1.84. The van der Waals surface area contributed by atoms with Crippen LogP contribution in [-0.2, 0) is 13.9 Å². The smallest absolute Gasteiger partial charge is 0.195 e. The van der Waals surface area contributed by atoms with E-state index in [1.165, 1.54) is 37.4 Å². The standard InChI is InChI=1S/C15H30O3Si/c1-5-19(6-2,7-3)18-15(16-4)11-12-8-9-13-14(10-12)17-13/h12-15H,5-11H2,1-4H3. The van der Waals surface area contributed by atoms with Gasteiger partial charge in [0.15, 0.2) is 8.32 Å². The van der Waals surface area contributed by atoms with Crippen LogP contribution in [0.1, 0.15) is 46.5 Å². The van der Waals surface area contributed by atoms with Crippen molar-refractivity contribution in [1.82, 2.24) is 0 Å². The molecule has 1 heterocycles. The molecule has 0 aromatic rings. The lowest BCUT2D eigenvalue weighted by Crippen LogP contribution is -2.41. The van der Waals surface area contributed by atoms with Crippen molar-refractivity contribution in [3.05, 3.63) is 0 Å². The van der Waals surface area contributed by atoms with Crippen molar-refractivity contribution in [2.45, 2.75) is 83.1 Å². The highest BCUT2D eigenvalue weighted by molar-refractivity contribution is 6.73. The van der Waals surface area contributed by atoms with Crippen LogP contribution in [0.5, 0.6) is 0 Å². The molecule has 0 aromatic carbocycles. The molecule has 0 amide bonds. The molecular weight excluding hydrogens is 256 g/mol. The number of methoxy groups -OCH3 is 1. The van der Waals surface area contributed by atoms with Crippen LogP contribution >= 0.6 is 0 Å². The van der Waals surface area contributed by atoms with E-state index in [0.717, 1.165) is 12.3 Å². The molecule has 4 atom stereocenters. The van der Waals surface area contributed by atoms with Crippen molar-refractivity contribution in [1.29, 1.82) is 0 Å². The Morgan fingerprint density at radius 3 is 2.32 bits per heavy atom. The summed E-state index contributed by atoms with van der Waals surface area (Å²) < 4.78 is 17.7. The van der Waals surface area contributed by atoms with Gasteiger partial charge in [0.1, 0.15) is 6.29 Å². The van der Waals surface area contributed by atoms with Gasteiger partial charge in [-0.1, -0.05) is 20.8 Å². The summed E-state index contributed by atoms with van der Waals surface area (Å²) in [6.07, 6.45) is 5.94. The fraction of sp³-hybridized carbons (Fsp3) is 1.00. The normalized spacial score (nSPS) is 31.9. The maximum Gasteiger partial charge on any atom is 0.195 e. The predicted octanol–water partition coefficient (Wildman–Crippen LogP) is 3.94. The van der Waals surface area contributed by atoms with Crippen LogP contribution in [0.2, 0.25) is 18.1 Å². The second-order valence-electron chi connectivity index (χ2n) is 6.15. The van der Waals surface area contributed by atoms with Gasteiger partial charge in [-0.05, 0) is 43.3 Å². The zero-order valence-corrected chi connectivity index (χ0v) is 14.0. The number of epoxide rings is 1. The molecule has 0 bridgehead atoms. The maximum absolute atomic E-state index is 6.46. The van der Waals surface area contributed by atoms with E-state index in [9.17, 15) is 0 Å². The van der Waals surface area contributed by atoms with Crippen LogP contribution in [-0.4, -0.2) is 33.9 Å². The molecule has 2 aliphatic rings. The molecule has 2 rings (SSSR count). The number of ether oxygens (including phenoxy) is 2. The topological polar surface area (TPSA) is 31.0 Å². The van der Waals surface area contributed by atoms with Gasteiger partial charge >= 0.3 is 0 Å². The van der Waals surface area contributed by atoms with E-state index in [0.29, 0.717) is 12.2 Å². The Labute approximate surface area is 119 Å². The Morgan fingerprint density at radius 1 is 1.11 bits per heavy atom. The van der Waals surface area contributed by atoms with E-state index < -0.39 is 8.32 Å². The molecule has 4 unspecified atom stereocenters. The third-order valence-electron chi connectivity index (χ3n) is 5.22. The molecular formula is C15H30O3Si. The second-order valence-corrected chi connectivity index (χ2v) is 10.9. The van der Waals surface area contributed by atoms with Crippen LogP contribution in [0, 0.1) is 5.92 Å². The second kappa shape index (κ2) is 6.70.